The van der Waals surface area contributed by atoms with Gasteiger partial charge in [0.25, 0.3) is 0 Å². The van der Waals surface area contributed by atoms with Crippen molar-refractivity contribution < 1.29 is 24.6 Å². The number of carbonyl (C=O) groups excluding carboxylic acids is 2. The van der Waals surface area contributed by atoms with Crippen LogP contribution in [0.4, 0.5) is 0 Å². The minimum Gasteiger partial charge on any atom is -0.481 e. The largest absolute Gasteiger partial charge is 0.481 e. The van der Waals surface area contributed by atoms with E-state index in [1.807, 2.05) is 0 Å². The molecular formula is C10H12O5. The SMILES string of the molecule is C=CC(=O)C(O)(C(=O)C=C)C(C)C(=O)O. The van der Waals surface area contributed by atoms with Gasteiger partial charge in [0.15, 0.2) is 11.6 Å². The molecular weight excluding hydrogens is 200 g/mol. The maximum atomic E-state index is 11.3. The highest BCUT2D eigenvalue weighted by Gasteiger charge is 2.48. The Morgan fingerprint density at radius 1 is 1.20 bits per heavy atom. The molecule has 0 amide bonds. The van der Waals surface area contributed by atoms with Crippen molar-refractivity contribution in [2.24, 2.45) is 5.92 Å². The molecule has 0 spiro atoms. The normalized spacial score (nSPS) is 12.7. The summed E-state index contributed by atoms with van der Waals surface area (Å²) in [7, 11) is 0. The lowest BCUT2D eigenvalue weighted by atomic mass is 9.81. The smallest absolute Gasteiger partial charge is 0.310 e. The second kappa shape index (κ2) is 4.65. The lowest BCUT2D eigenvalue weighted by Gasteiger charge is -2.26. The Morgan fingerprint density at radius 3 is 1.73 bits per heavy atom. The molecule has 1 atom stereocenters. The Labute approximate surface area is 86.7 Å². The van der Waals surface area contributed by atoms with Gasteiger partial charge in [-0.1, -0.05) is 13.2 Å². The fourth-order valence-corrected chi connectivity index (χ4v) is 1.04. The van der Waals surface area contributed by atoms with Gasteiger partial charge in [0.05, 0.1) is 5.92 Å². The number of rotatable bonds is 6. The van der Waals surface area contributed by atoms with Crippen molar-refractivity contribution >= 4 is 17.5 Å². The highest BCUT2D eigenvalue weighted by Crippen LogP contribution is 2.21. The lowest BCUT2D eigenvalue weighted by molar-refractivity contribution is -0.163. The third-order valence-corrected chi connectivity index (χ3v) is 2.12. The summed E-state index contributed by atoms with van der Waals surface area (Å²) >= 11 is 0. The van der Waals surface area contributed by atoms with Gasteiger partial charge in [-0.2, -0.15) is 0 Å². The van der Waals surface area contributed by atoms with Crippen LogP contribution in [0.5, 0.6) is 0 Å². The van der Waals surface area contributed by atoms with E-state index in [-0.39, 0.29) is 0 Å². The van der Waals surface area contributed by atoms with Crippen LogP contribution in [0.3, 0.4) is 0 Å². The summed E-state index contributed by atoms with van der Waals surface area (Å²) in [5.74, 6) is -5.12. The van der Waals surface area contributed by atoms with Crippen molar-refractivity contribution in [1.29, 1.82) is 0 Å². The molecule has 82 valence electrons. The average Bonchev–Trinajstić information content (AvgIpc) is 2.24. The highest BCUT2D eigenvalue weighted by molar-refractivity contribution is 6.19. The molecule has 0 aliphatic rings. The number of ketones is 2. The summed E-state index contributed by atoms with van der Waals surface area (Å²) in [6, 6.07) is 0. The zero-order chi connectivity index (χ0) is 12.2. The molecule has 0 rings (SSSR count). The predicted molar refractivity (Wildman–Crippen MR) is 52.2 cm³/mol. The first-order valence-electron chi connectivity index (χ1n) is 4.11. The molecule has 0 aromatic rings. The summed E-state index contributed by atoms with van der Waals surface area (Å²) in [5, 5.41) is 18.4. The second-order valence-electron chi connectivity index (χ2n) is 2.96. The average molecular weight is 212 g/mol. The number of carboxylic acids is 1. The first-order chi connectivity index (χ1) is 6.82. The number of carboxylic acid groups (broad SMARTS) is 1. The van der Waals surface area contributed by atoms with Crippen LogP contribution in [-0.4, -0.2) is 33.3 Å². The van der Waals surface area contributed by atoms with E-state index in [9.17, 15) is 19.5 Å². The van der Waals surface area contributed by atoms with Gasteiger partial charge in [-0.3, -0.25) is 14.4 Å². The van der Waals surface area contributed by atoms with Gasteiger partial charge >= 0.3 is 5.97 Å². The summed E-state index contributed by atoms with van der Waals surface area (Å²) in [5.41, 5.74) is -2.62. The summed E-state index contributed by atoms with van der Waals surface area (Å²) in [4.78, 5) is 33.2. The van der Waals surface area contributed by atoms with Crippen molar-refractivity contribution in [2.75, 3.05) is 0 Å². The van der Waals surface area contributed by atoms with Crippen molar-refractivity contribution in [3.63, 3.8) is 0 Å². The number of carbonyl (C=O) groups is 3. The number of aliphatic carboxylic acids is 1. The molecule has 0 aliphatic heterocycles. The molecule has 0 bridgehead atoms. The quantitative estimate of drug-likeness (QED) is 0.475. The minimum absolute atomic E-state index is 0.709. The molecule has 0 saturated carbocycles. The monoisotopic (exact) mass is 212 g/mol. The van der Waals surface area contributed by atoms with Crippen LogP contribution in [-0.2, 0) is 14.4 Å². The molecule has 0 aliphatic carbocycles. The van der Waals surface area contributed by atoms with Crippen LogP contribution in [0, 0.1) is 5.92 Å². The summed E-state index contributed by atoms with van der Waals surface area (Å²) in [6.07, 6.45) is 1.42. The van der Waals surface area contributed by atoms with Gasteiger partial charge in [-0.05, 0) is 19.1 Å². The van der Waals surface area contributed by atoms with E-state index in [2.05, 4.69) is 13.2 Å². The van der Waals surface area contributed by atoms with Crippen LogP contribution in [0.15, 0.2) is 25.3 Å². The first-order valence-corrected chi connectivity index (χ1v) is 4.11. The molecule has 0 fully saturated rings. The number of hydrogen-bond acceptors (Lipinski definition) is 4. The maximum absolute atomic E-state index is 11.3. The van der Waals surface area contributed by atoms with Gasteiger partial charge in [0.2, 0.25) is 5.60 Å². The van der Waals surface area contributed by atoms with Gasteiger partial charge < -0.3 is 10.2 Å². The summed E-state index contributed by atoms with van der Waals surface area (Å²) in [6.45, 7) is 7.25. The zero-order valence-corrected chi connectivity index (χ0v) is 8.27. The molecule has 0 radical (unpaired) electrons. The van der Waals surface area contributed by atoms with E-state index < -0.39 is 29.1 Å². The Kier molecular flexibility index (Phi) is 4.11. The van der Waals surface area contributed by atoms with Crippen LogP contribution in [0.2, 0.25) is 0 Å². The van der Waals surface area contributed by atoms with Gasteiger partial charge in [-0.25, -0.2) is 0 Å². The van der Waals surface area contributed by atoms with E-state index in [4.69, 9.17) is 5.11 Å². The van der Waals surface area contributed by atoms with E-state index in [1.54, 1.807) is 0 Å². The molecule has 0 aromatic carbocycles. The molecule has 15 heavy (non-hydrogen) atoms. The van der Waals surface area contributed by atoms with Gasteiger partial charge in [-0.15, -0.1) is 0 Å². The summed E-state index contributed by atoms with van der Waals surface area (Å²) < 4.78 is 0. The Balaban J connectivity index is 5.48. The van der Waals surface area contributed by atoms with Crippen molar-refractivity contribution in [3.05, 3.63) is 25.3 Å². The Bertz CT molecular complexity index is 309. The topological polar surface area (TPSA) is 91.7 Å². The van der Waals surface area contributed by atoms with E-state index in [0.29, 0.717) is 12.2 Å². The molecule has 0 aromatic heterocycles. The molecule has 5 nitrogen and oxygen atoms in total. The van der Waals surface area contributed by atoms with E-state index in [0.717, 1.165) is 6.92 Å². The van der Waals surface area contributed by atoms with Crippen molar-refractivity contribution in [3.8, 4) is 0 Å². The number of hydrogen-bond donors (Lipinski definition) is 2. The first kappa shape index (κ1) is 13.2. The molecule has 0 saturated heterocycles. The van der Waals surface area contributed by atoms with Crippen molar-refractivity contribution in [1.82, 2.24) is 0 Å². The number of aliphatic hydroxyl groups is 1. The predicted octanol–water partition coefficient (Wildman–Crippen LogP) is -0.0516. The van der Waals surface area contributed by atoms with E-state index >= 15 is 0 Å². The minimum atomic E-state index is -2.62. The van der Waals surface area contributed by atoms with Crippen molar-refractivity contribution in [2.45, 2.75) is 12.5 Å². The van der Waals surface area contributed by atoms with E-state index in [1.165, 1.54) is 0 Å². The fourth-order valence-electron chi connectivity index (χ4n) is 1.04. The molecule has 1 unspecified atom stereocenters. The van der Waals surface area contributed by atoms with Crippen LogP contribution in [0.1, 0.15) is 6.92 Å². The molecule has 2 N–H and O–H groups in total. The zero-order valence-electron chi connectivity index (χ0n) is 8.27. The Hall–Kier alpha value is -1.75. The fraction of sp³-hybridized carbons (Fsp3) is 0.300. The standard InChI is InChI=1S/C10H12O5/c1-4-7(11)10(15,8(12)5-2)6(3)9(13)14/h4-6,15H,1-2H2,3H3,(H,13,14). The molecule has 0 heterocycles. The van der Waals surface area contributed by atoms with Crippen LogP contribution in [0.25, 0.3) is 0 Å². The molecule has 5 heteroatoms. The third-order valence-electron chi connectivity index (χ3n) is 2.12. The maximum Gasteiger partial charge on any atom is 0.310 e. The van der Waals surface area contributed by atoms with Crippen LogP contribution >= 0.6 is 0 Å². The van der Waals surface area contributed by atoms with Gasteiger partial charge in [0.1, 0.15) is 0 Å². The lowest BCUT2D eigenvalue weighted by Crippen LogP contribution is -2.53. The highest BCUT2D eigenvalue weighted by atomic mass is 16.4. The van der Waals surface area contributed by atoms with Crippen LogP contribution < -0.4 is 0 Å². The Morgan fingerprint density at radius 2 is 1.53 bits per heavy atom. The second-order valence-corrected chi connectivity index (χ2v) is 2.96. The van der Waals surface area contributed by atoms with Gasteiger partial charge in [0, 0.05) is 0 Å². The third kappa shape index (κ3) is 2.19.